The number of amides is 1. The van der Waals surface area contributed by atoms with E-state index in [1.807, 2.05) is 6.07 Å². The normalized spacial score (nSPS) is 14.2. The number of benzene rings is 2. The fourth-order valence-corrected chi connectivity index (χ4v) is 4.62. The highest BCUT2D eigenvalue weighted by atomic mass is 35.5. The molecular formula is C27H22ClF2N7O. The third-order valence-electron chi connectivity index (χ3n) is 6.40. The van der Waals surface area contributed by atoms with Crippen LogP contribution in [-0.4, -0.2) is 40.5 Å². The number of aromatic nitrogens is 3. The quantitative estimate of drug-likeness (QED) is 0.375. The molecule has 38 heavy (non-hydrogen) atoms. The second-order valence-corrected chi connectivity index (χ2v) is 9.37. The third-order valence-corrected chi connectivity index (χ3v) is 6.87. The number of halogens is 3. The van der Waals surface area contributed by atoms with E-state index in [4.69, 9.17) is 11.6 Å². The minimum absolute atomic E-state index is 0.113. The van der Waals surface area contributed by atoms with Gasteiger partial charge in [0.2, 0.25) is 11.9 Å². The molecule has 1 amide bonds. The summed E-state index contributed by atoms with van der Waals surface area (Å²) in [6, 6.07) is 8.50. The standard InChI is InChI=1S/C27H22ClF2N7O/c1-14(18-7-16(10-31)3-4-21(18)29)36-26-20-8-19(22(30)9-23(20)35-15(2)25(26)28)17-11-33-27(34-12-17)37-6-5-32-24(38)13-37/h3-4,7-9,11-12,14H,5-6,13H2,1-2H3,(H,32,38)(H,35,36). The maximum atomic E-state index is 15.2. The topological polar surface area (TPSA) is 107 Å². The van der Waals surface area contributed by atoms with Gasteiger partial charge in [-0.2, -0.15) is 5.26 Å². The van der Waals surface area contributed by atoms with Crippen molar-refractivity contribution in [1.29, 1.82) is 5.26 Å². The molecule has 2 aromatic heterocycles. The Labute approximate surface area is 222 Å². The summed E-state index contributed by atoms with van der Waals surface area (Å²) in [5, 5.41) is 16.0. The van der Waals surface area contributed by atoms with Crippen molar-refractivity contribution in [3.63, 3.8) is 0 Å². The lowest BCUT2D eigenvalue weighted by molar-refractivity contribution is -0.120. The highest BCUT2D eigenvalue weighted by Gasteiger charge is 2.21. The number of hydrogen-bond acceptors (Lipinski definition) is 7. The molecule has 0 saturated carbocycles. The molecule has 0 bridgehead atoms. The number of anilines is 2. The number of nitrogens with zero attached hydrogens (tertiary/aromatic N) is 5. The van der Waals surface area contributed by atoms with Crippen molar-refractivity contribution in [1.82, 2.24) is 20.3 Å². The van der Waals surface area contributed by atoms with Gasteiger partial charge in [-0.3, -0.25) is 9.78 Å². The van der Waals surface area contributed by atoms with Crippen LogP contribution in [0.5, 0.6) is 0 Å². The molecule has 1 fully saturated rings. The van der Waals surface area contributed by atoms with Crippen LogP contribution in [0.1, 0.15) is 29.8 Å². The lowest BCUT2D eigenvalue weighted by Crippen LogP contribution is -2.48. The van der Waals surface area contributed by atoms with Gasteiger partial charge in [0.05, 0.1) is 46.1 Å². The molecule has 3 heterocycles. The number of carbonyl (C=O) groups excluding carboxylic acids is 1. The maximum absolute atomic E-state index is 15.2. The van der Waals surface area contributed by atoms with Crippen LogP contribution in [0.3, 0.4) is 0 Å². The summed E-state index contributed by atoms with van der Waals surface area (Å²) in [5.74, 6) is -0.724. The van der Waals surface area contributed by atoms with Gasteiger partial charge in [-0.25, -0.2) is 18.7 Å². The molecule has 1 aliphatic heterocycles. The summed E-state index contributed by atoms with van der Waals surface area (Å²) in [6.07, 6.45) is 3.00. The number of hydrogen-bond donors (Lipinski definition) is 2. The van der Waals surface area contributed by atoms with E-state index < -0.39 is 17.7 Å². The van der Waals surface area contributed by atoms with Gasteiger partial charge in [-0.1, -0.05) is 11.6 Å². The van der Waals surface area contributed by atoms with Gasteiger partial charge >= 0.3 is 0 Å². The maximum Gasteiger partial charge on any atom is 0.239 e. The van der Waals surface area contributed by atoms with Crippen LogP contribution in [0.25, 0.3) is 22.0 Å². The van der Waals surface area contributed by atoms with Crippen LogP contribution in [0.15, 0.2) is 42.7 Å². The van der Waals surface area contributed by atoms with Crippen molar-refractivity contribution in [2.75, 3.05) is 29.9 Å². The van der Waals surface area contributed by atoms with E-state index in [0.717, 1.165) is 0 Å². The first kappa shape index (κ1) is 25.3. The Hall–Kier alpha value is -4.36. The van der Waals surface area contributed by atoms with Crippen LogP contribution < -0.4 is 15.5 Å². The molecule has 0 radical (unpaired) electrons. The summed E-state index contributed by atoms with van der Waals surface area (Å²) in [5.41, 5.74) is 2.59. The number of fused-ring (bicyclic) bond motifs is 1. The summed E-state index contributed by atoms with van der Waals surface area (Å²) in [4.78, 5) is 26.6. The predicted octanol–water partition coefficient (Wildman–Crippen LogP) is 4.91. The Kier molecular flexibility index (Phi) is 6.78. The molecule has 11 heteroatoms. The molecule has 2 N–H and O–H groups in total. The zero-order valence-electron chi connectivity index (χ0n) is 20.5. The van der Waals surface area contributed by atoms with E-state index in [0.29, 0.717) is 63.0 Å². The lowest BCUT2D eigenvalue weighted by Gasteiger charge is -2.26. The Balaban J connectivity index is 1.54. The Bertz CT molecular complexity index is 1600. The minimum Gasteiger partial charge on any atom is -0.377 e. The van der Waals surface area contributed by atoms with E-state index in [1.54, 1.807) is 24.8 Å². The molecule has 5 rings (SSSR count). The van der Waals surface area contributed by atoms with Gasteiger partial charge in [0.25, 0.3) is 0 Å². The monoisotopic (exact) mass is 533 g/mol. The predicted molar refractivity (Wildman–Crippen MR) is 141 cm³/mol. The van der Waals surface area contributed by atoms with Crippen molar-refractivity contribution in [3.05, 3.63) is 76.2 Å². The van der Waals surface area contributed by atoms with Gasteiger partial charge in [0.15, 0.2) is 0 Å². The molecular weight excluding hydrogens is 512 g/mol. The second-order valence-electron chi connectivity index (χ2n) is 8.99. The van der Waals surface area contributed by atoms with E-state index in [9.17, 15) is 14.4 Å². The van der Waals surface area contributed by atoms with Crippen LogP contribution in [0.2, 0.25) is 5.02 Å². The Morgan fingerprint density at radius 3 is 2.66 bits per heavy atom. The largest absolute Gasteiger partial charge is 0.377 e. The van der Waals surface area contributed by atoms with Gasteiger partial charge in [0, 0.05) is 53.6 Å². The van der Waals surface area contributed by atoms with Gasteiger partial charge < -0.3 is 15.5 Å². The molecule has 192 valence electrons. The smallest absolute Gasteiger partial charge is 0.239 e. The number of nitrogens with one attached hydrogen (secondary N) is 2. The van der Waals surface area contributed by atoms with Crippen molar-refractivity contribution in [3.8, 4) is 17.2 Å². The number of carbonyl (C=O) groups is 1. The number of pyridine rings is 1. The molecule has 1 atom stereocenters. The van der Waals surface area contributed by atoms with Crippen molar-refractivity contribution >= 4 is 40.0 Å². The van der Waals surface area contributed by atoms with Crippen molar-refractivity contribution in [2.45, 2.75) is 19.9 Å². The van der Waals surface area contributed by atoms with Gasteiger partial charge in [-0.05, 0) is 38.1 Å². The van der Waals surface area contributed by atoms with Gasteiger partial charge in [0.1, 0.15) is 11.6 Å². The minimum atomic E-state index is -0.566. The molecule has 2 aromatic carbocycles. The van der Waals surface area contributed by atoms with E-state index >= 15 is 4.39 Å². The Morgan fingerprint density at radius 2 is 1.95 bits per heavy atom. The molecule has 1 aliphatic rings. The fourth-order valence-electron chi connectivity index (χ4n) is 4.42. The first-order valence-corrected chi connectivity index (χ1v) is 12.2. The van der Waals surface area contributed by atoms with E-state index in [2.05, 4.69) is 25.6 Å². The number of nitriles is 1. The highest BCUT2D eigenvalue weighted by molar-refractivity contribution is 6.35. The number of aryl methyl sites for hydroxylation is 1. The lowest BCUT2D eigenvalue weighted by atomic mass is 10.0. The third kappa shape index (κ3) is 4.80. The Morgan fingerprint density at radius 1 is 1.18 bits per heavy atom. The van der Waals surface area contributed by atoms with Gasteiger partial charge in [-0.15, -0.1) is 0 Å². The van der Waals surface area contributed by atoms with Crippen LogP contribution in [0, 0.1) is 29.9 Å². The summed E-state index contributed by atoms with van der Waals surface area (Å²) in [6.45, 7) is 4.67. The SMILES string of the molecule is Cc1nc2cc(F)c(-c3cnc(N4CCNC(=O)C4)nc3)cc2c(NC(C)c2cc(C#N)ccc2F)c1Cl. The average Bonchev–Trinajstić information content (AvgIpc) is 2.91. The molecule has 4 aromatic rings. The van der Waals surface area contributed by atoms with Crippen molar-refractivity contribution in [2.24, 2.45) is 0 Å². The molecule has 1 unspecified atom stereocenters. The average molecular weight is 534 g/mol. The molecule has 0 aliphatic carbocycles. The highest BCUT2D eigenvalue weighted by Crippen LogP contribution is 2.38. The number of piperazine rings is 1. The summed E-state index contributed by atoms with van der Waals surface area (Å²) >= 11 is 6.63. The van der Waals surface area contributed by atoms with Crippen LogP contribution >= 0.6 is 11.6 Å². The van der Waals surface area contributed by atoms with E-state index in [1.165, 1.54) is 36.7 Å². The van der Waals surface area contributed by atoms with Crippen molar-refractivity contribution < 1.29 is 13.6 Å². The fraction of sp³-hybridized carbons (Fsp3) is 0.222. The zero-order chi connectivity index (χ0) is 27.0. The number of rotatable bonds is 5. The summed E-state index contributed by atoms with van der Waals surface area (Å²) in [7, 11) is 0. The first-order chi connectivity index (χ1) is 18.2. The first-order valence-electron chi connectivity index (χ1n) is 11.8. The molecule has 1 saturated heterocycles. The second kappa shape index (κ2) is 10.2. The zero-order valence-corrected chi connectivity index (χ0v) is 21.3. The molecule has 0 spiro atoms. The summed E-state index contributed by atoms with van der Waals surface area (Å²) < 4.78 is 29.8. The molecule has 8 nitrogen and oxygen atoms in total. The van der Waals surface area contributed by atoms with E-state index in [-0.39, 0.29) is 18.0 Å². The van der Waals surface area contributed by atoms with Crippen LogP contribution in [0.4, 0.5) is 20.4 Å². The van der Waals surface area contributed by atoms with Crippen LogP contribution in [-0.2, 0) is 4.79 Å².